The van der Waals surface area contributed by atoms with Gasteiger partial charge in [0.1, 0.15) is 5.82 Å². The van der Waals surface area contributed by atoms with Crippen LogP contribution >= 0.6 is 11.6 Å². The van der Waals surface area contributed by atoms with Crippen molar-refractivity contribution in [1.82, 2.24) is 9.97 Å². The molecule has 0 aliphatic heterocycles. The maximum atomic E-state index is 10.7. The van der Waals surface area contributed by atoms with Gasteiger partial charge in [-0.3, -0.25) is 10.1 Å². The Kier molecular flexibility index (Phi) is 3.91. The Labute approximate surface area is 114 Å². The first kappa shape index (κ1) is 13.2. The van der Waals surface area contributed by atoms with E-state index in [1.165, 1.54) is 12.1 Å². The van der Waals surface area contributed by atoms with Crippen LogP contribution in [-0.4, -0.2) is 14.9 Å². The second kappa shape index (κ2) is 5.62. The zero-order chi connectivity index (χ0) is 13.8. The number of nitro groups is 1. The van der Waals surface area contributed by atoms with Crippen LogP contribution in [0.4, 0.5) is 17.2 Å². The number of aryl methyl sites for hydroxylation is 1. The number of benzene rings is 1. The second-order valence-corrected chi connectivity index (χ2v) is 4.14. The quantitative estimate of drug-likeness (QED) is 0.527. The van der Waals surface area contributed by atoms with Crippen LogP contribution in [0.3, 0.4) is 0 Å². The minimum absolute atomic E-state index is 0.0169. The number of rotatable bonds is 4. The van der Waals surface area contributed by atoms with Crippen LogP contribution in [0.25, 0.3) is 0 Å². The number of aromatic nitrogens is 2. The van der Waals surface area contributed by atoms with Crippen molar-refractivity contribution in [1.29, 1.82) is 0 Å². The van der Waals surface area contributed by atoms with E-state index in [-0.39, 0.29) is 11.0 Å². The van der Waals surface area contributed by atoms with Gasteiger partial charge in [0, 0.05) is 29.6 Å². The van der Waals surface area contributed by atoms with Gasteiger partial charge < -0.3 is 5.32 Å². The molecule has 0 saturated carbocycles. The van der Waals surface area contributed by atoms with Crippen LogP contribution < -0.4 is 5.32 Å². The molecule has 0 saturated heterocycles. The summed E-state index contributed by atoms with van der Waals surface area (Å²) < 4.78 is 0. The average Bonchev–Trinajstić information content (AvgIpc) is 2.39. The molecular weight excluding hydrogens is 268 g/mol. The summed E-state index contributed by atoms with van der Waals surface area (Å²) in [5.74, 6) is 0.558. The SMILES string of the molecule is CCc1cnc(Cl)nc1Nc1cccc([N+](=O)[O-])c1. The topological polar surface area (TPSA) is 81.0 Å². The summed E-state index contributed by atoms with van der Waals surface area (Å²) in [6.07, 6.45) is 2.36. The number of hydrogen-bond donors (Lipinski definition) is 1. The van der Waals surface area contributed by atoms with E-state index >= 15 is 0 Å². The maximum Gasteiger partial charge on any atom is 0.271 e. The third-order valence-electron chi connectivity index (χ3n) is 2.54. The average molecular weight is 279 g/mol. The van der Waals surface area contributed by atoms with Gasteiger partial charge in [-0.15, -0.1) is 0 Å². The Morgan fingerprint density at radius 1 is 1.47 bits per heavy atom. The van der Waals surface area contributed by atoms with Gasteiger partial charge in [-0.05, 0) is 24.1 Å². The van der Waals surface area contributed by atoms with Gasteiger partial charge in [0.05, 0.1) is 4.92 Å². The van der Waals surface area contributed by atoms with Gasteiger partial charge >= 0.3 is 0 Å². The Hall–Kier alpha value is -2.21. The molecule has 1 aromatic carbocycles. The largest absolute Gasteiger partial charge is 0.340 e. The molecule has 2 rings (SSSR count). The smallest absolute Gasteiger partial charge is 0.271 e. The zero-order valence-corrected chi connectivity index (χ0v) is 10.9. The lowest BCUT2D eigenvalue weighted by molar-refractivity contribution is -0.384. The minimum atomic E-state index is -0.446. The fraction of sp³-hybridized carbons (Fsp3) is 0.167. The molecule has 1 heterocycles. The van der Waals surface area contributed by atoms with E-state index < -0.39 is 4.92 Å². The van der Waals surface area contributed by atoms with Crippen molar-refractivity contribution in [2.24, 2.45) is 0 Å². The van der Waals surface area contributed by atoms with Gasteiger partial charge in [-0.25, -0.2) is 9.97 Å². The van der Waals surface area contributed by atoms with Gasteiger partial charge in [-0.2, -0.15) is 0 Å². The molecule has 0 spiro atoms. The fourth-order valence-corrected chi connectivity index (χ4v) is 1.72. The summed E-state index contributed by atoms with van der Waals surface area (Å²) in [6.45, 7) is 1.96. The Balaban J connectivity index is 2.33. The van der Waals surface area contributed by atoms with E-state index in [0.717, 1.165) is 12.0 Å². The van der Waals surface area contributed by atoms with Crippen LogP contribution in [0.5, 0.6) is 0 Å². The van der Waals surface area contributed by atoms with Crippen molar-refractivity contribution >= 4 is 28.8 Å². The van der Waals surface area contributed by atoms with E-state index in [2.05, 4.69) is 15.3 Å². The van der Waals surface area contributed by atoms with Gasteiger partial charge in [-0.1, -0.05) is 13.0 Å². The molecule has 1 N–H and O–H groups in total. The van der Waals surface area contributed by atoms with Crippen LogP contribution in [0.1, 0.15) is 12.5 Å². The number of hydrogen-bond acceptors (Lipinski definition) is 5. The highest BCUT2D eigenvalue weighted by Crippen LogP contribution is 2.23. The summed E-state index contributed by atoms with van der Waals surface area (Å²) in [6, 6.07) is 6.20. The first-order valence-electron chi connectivity index (χ1n) is 5.63. The molecule has 19 heavy (non-hydrogen) atoms. The van der Waals surface area contributed by atoms with E-state index in [4.69, 9.17) is 11.6 Å². The summed E-state index contributed by atoms with van der Waals surface area (Å²) in [5, 5.41) is 13.9. The third kappa shape index (κ3) is 3.17. The number of anilines is 2. The first-order valence-corrected chi connectivity index (χ1v) is 6.01. The fourth-order valence-electron chi connectivity index (χ4n) is 1.59. The lowest BCUT2D eigenvalue weighted by Crippen LogP contribution is -2.00. The third-order valence-corrected chi connectivity index (χ3v) is 2.72. The lowest BCUT2D eigenvalue weighted by atomic mass is 10.2. The monoisotopic (exact) mass is 278 g/mol. The summed E-state index contributed by atoms with van der Waals surface area (Å²) in [7, 11) is 0. The highest BCUT2D eigenvalue weighted by molar-refractivity contribution is 6.28. The van der Waals surface area contributed by atoms with Crippen molar-refractivity contribution in [3.63, 3.8) is 0 Å². The summed E-state index contributed by atoms with van der Waals surface area (Å²) in [4.78, 5) is 18.3. The van der Waals surface area contributed by atoms with Crippen molar-refractivity contribution in [2.45, 2.75) is 13.3 Å². The molecule has 0 aliphatic carbocycles. The van der Waals surface area contributed by atoms with Gasteiger partial charge in [0.15, 0.2) is 0 Å². The molecule has 1 aromatic heterocycles. The van der Waals surface area contributed by atoms with Gasteiger partial charge in [0.2, 0.25) is 5.28 Å². The van der Waals surface area contributed by atoms with Crippen molar-refractivity contribution in [3.8, 4) is 0 Å². The van der Waals surface area contributed by atoms with Crippen LogP contribution in [0, 0.1) is 10.1 Å². The highest BCUT2D eigenvalue weighted by atomic mass is 35.5. The lowest BCUT2D eigenvalue weighted by Gasteiger charge is -2.09. The van der Waals surface area contributed by atoms with Crippen LogP contribution in [-0.2, 0) is 6.42 Å². The standard InChI is InChI=1S/C12H11ClN4O2/c1-2-8-7-14-12(13)16-11(8)15-9-4-3-5-10(6-9)17(18)19/h3-7H,2H2,1H3,(H,14,15,16). The molecule has 7 heteroatoms. The number of non-ortho nitro benzene ring substituents is 1. The molecule has 0 radical (unpaired) electrons. The number of halogens is 1. The molecule has 0 bridgehead atoms. The molecule has 0 atom stereocenters. The number of nitro benzene ring substituents is 1. The van der Waals surface area contributed by atoms with Crippen LogP contribution in [0.2, 0.25) is 5.28 Å². The zero-order valence-electron chi connectivity index (χ0n) is 10.1. The molecule has 6 nitrogen and oxygen atoms in total. The number of nitrogens with one attached hydrogen (secondary N) is 1. The normalized spacial score (nSPS) is 10.2. The second-order valence-electron chi connectivity index (χ2n) is 3.80. The molecule has 98 valence electrons. The van der Waals surface area contributed by atoms with Gasteiger partial charge in [0.25, 0.3) is 5.69 Å². The molecule has 0 amide bonds. The number of nitrogens with zero attached hydrogens (tertiary/aromatic N) is 3. The minimum Gasteiger partial charge on any atom is -0.340 e. The molecule has 0 fully saturated rings. The van der Waals surface area contributed by atoms with E-state index in [9.17, 15) is 10.1 Å². The Morgan fingerprint density at radius 2 is 2.26 bits per heavy atom. The maximum absolute atomic E-state index is 10.7. The molecule has 0 aliphatic rings. The Morgan fingerprint density at radius 3 is 2.95 bits per heavy atom. The first-order chi connectivity index (χ1) is 9.10. The van der Waals surface area contributed by atoms with E-state index in [0.29, 0.717) is 11.5 Å². The summed E-state index contributed by atoms with van der Waals surface area (Å²) in [5.41, 5.74) is 1.48. The highest BCUT2D eigenvalue weighted by Gasteiger charge is 2.09. The van der Waals surface area contributed by atoms with Crippen molar-refractivity contribution in [3.05, 3.63) is 51.4 Å². The van der Waals surface area contributed by atoms with Crippen molar-refractivity contribution < 1.29 is 4.92 Å². The van der Waals surface area contributed by atoms with Crippen molar-refractivity contribution in [2.75, 3.05) is 5.32 Å². The molecule has 0 unspecified atom stereocenters. The van der Waals surface area contributed by atoms with Crippen LogP contribution in [0.15, 0.2) is 30.5 Å². The molecular formula is C12H11ClN4O2. The summed E-state index contributed by atoms with van der Waals surface area (Å²) >= 11 is 5.75. The molecule has 2 aromatic rings. The van der Waals surface area contributed by atoms with E-state index in [1.54, 1.807) is 18.3 Å². The predicted molar refractivity (Wildman–Crippen MR) is 72.8 cm³/mol. The predicted octanol–water partition coefficient (Wildman–Crippen LogP) is 3.34. The van der Waals surface area contributed by atoms with E-state index in [1.807, 2.05) is 6.92 Å². The Bertz CT molecular complexity index is 618.